The van der Waals surface area contributed by atoms with Crippen molar-refractivity contribution in [3.05, 3.63) is 67.9 Å². The third-order valence-corrected chi connectivity index (χ3v) is 6.15. The summed E-state index contributed by atoms with van der Waals surface area (Å²) in [7, 11) is 1.57. The van der Waals surface area contributed by atoms with Gasteiger partial charge in [-0.3, -0.25) is 10.1 Å². The Hall–Kier alpha value is -3.15. The molecule has 1 amide bonds. The molecule has 1 atom stereocenters. The molecule has 1 aliphatic carbocycles. The van der Waals surface area contributed by atoms with Crippen molar-refractivity contribution in [3.63, 3.8) is 0 Å². The molecule has 2 N–H and O–H groups in total. The third-order valence-electron chi connectivity index (χ3n) is 5.63. The van der Waals surface area contributed by atoms with E-state index in [1.165, 1.54) is 0 Å². The molecule has 0 spiro atoms. The molecular formula is C24H26IN5O4. The number of nitrogens with zero attached hydrogens (tertiary/aromatic N) is 3. The topological polar surface area (TPSA) is 107 Å². The maximum absolute atomic E-state index is 13.4. The zero-order chi connectivity index (χ0) is 24.2. The lowest BCUT2D eigenvalue weighted by Crippen LogP contribution is -2.32. The average molecular weight is 575 g/mol. The number of para-hydroxylation sites is 1. The third kappa shape index (κ3) is 5.66. The Balaban J connectivity index is 1.55. The van der Waals surface area contributed by atoms with Crippen LogP contribution in [0.4, 0.5) is 22.0 Å². The first-order chi connectivity index (χ1) is 16.4. The van der Waals surface area contributed by atoms with E-state index < -0.39 is 6.09 Å². The number of carbonyl (C=O) groups is 1. The molecule has 1 fully saturated rings. The number of hydrogen-bond donors (Lipinski definition) is 2. The van der Waals surface area contributed by atoms with Gasteiger partial charge in [0.25, 0.3) is 5.56 Å². The summed E-state index contributed by atoms with van der Waals surface area (Å²) < 4.78 is 13.1. The number of rotatable bonds is 8. The molecule has 4 rings (SSSR count). The summed E-state index contributed by atoms with van der Waals surface area (Å²) >= 11 is 2.08. The number of anilines is 3. The van der Waals surface area contributed by atoms with Crippen LogP contribution in [0.5, 0.6) is 5.88 Å². The molecule has 0 radical (unpaired) electrons. The molecule has 0 aliphatic heterocycles. The molecule has 1 saturated carbocycles. The van der Waals surface area contributed by atoms with Gasteiger partial charge < -0.3 is 19.4 Å². The number of halogens is 1. The van der Waals surface area contributed by atoms with Crippen LogP contribution in [0.2, 0.25) is 0 Å². The molecule has 0 saturated heterocycles. The number of benzene rings is 1. The van der Waals surface area contributed by atoms with Crippen LogP contribution in [-0.4, -0.2) is 34.3 Å². The van der Waals surface area contributed by atoms with Gasteiger partial charge in [0, 0.05) is 17.4 Å². The van der Waals surface area contributed by atoms with Crippen LogP contribution in [0.3, 0.4) is 0 Å². The molecule has 1 aromatic carbocycles. The quantitative estimate of drug-likeness (QED) is 0.372. The molecule has 0 unspecified atom stereocenters. The van der Waals surface area contributed by atoms with Crippen LogP contribution in [-0.2, 0) is 4.74 Å². The van der Waals surface area contributed by atoms with E-state index in [1.807, 2.05) is 38.1 Å². The van der Waals surface area contributed by atoms with E-state index in [0.717, 1.165) is 18.4 Å². The number of carbonyl (C=O) groups excluding carboxylic acids is 1. The van der Waals surface area contributed by atoms with Gasteiger partial charge in [0.2, 0.25) is 5.88 Å². The fourth-order valence-electron chi connectivity index (χ4n) is 3.71. The van der Waals surface area contributed by atoms with Gasteiger partial charge in [-0.15, -0.1) is 0 Å². The molecule has 3 aromatic rings. The standard InChI is InChI=1S/C24H26IN5O4/c1-14-11-18(15(2)26-22(14)33-3)28-21-23(31)30(12-20(25)29-21)19(16-9-10-16)13-34-24(32)27-17-7-5-4-6-8-17/h4-8,11-12,16,19H,9-10,13H2,1-3H3,(H,27,32)(H,28,29)/t19-/m1/s1. The highest BCUT2D eigenvalue weighted by molar-refractivity contribution is 14.1. The number of hydrogen-bond acceptors (Lipinski definition) is 7. The molecule has 34 heavy (non-hydrogen) atoms. The number of methoxy groups -OCH3 is 1. The van der Waals surface area contributed by atoms with Crippen molar-refractivity contribution < 1.29 is 14.3 Å². The molecule has 2 heterocycles. The van der Waals surface area contributed by atoms with Gasteiger partial charge in [0.05, 0.1) is 24.5 Å². The van der Waals surface area contributed by atoms with Crippen LogP contribution in [0.25, 0.3) is 0 Å². The zero-order valence-electron chi connectivity index (χ0n) is 19.2. The van der Waals surface area contributed by atoms with Crippen molar-refractivity contribution in [1.29, 1.82) is 0 Å². The number of aromatic nitrogens is 3. The van der Waals surface area contributed by atoms with Gasteiger partial charge in [0.1, 0.15) is 10.3 Å². The Morgan fingerprint density at radius 3 is 2.65 bits per heavy atom. The van der Waals surface area contributed by atoms with Crippen molar-refractivity contribution in [3.8, 4) is 5.88 Å². The van der Waals surface area contributed by atoms with Gasteiger partial charge >= 0.3 is 6.09 Å². The van der Waals surface area contributed by atoms with Crippen LogP contribution >= 0.6 is 22.6 Å². The Labute approximate surface area is 211 Å². The first-order valence-corrected chi connectivity index (χ1v) is 12.0. The van der Waals surface area contributed by atoms with E-state index in [4.69, 9.17) is 9.47 Å². The largest absolute Gasteiger partial charge is 0.481 e. The lowest BCUT2D eigenvalue weighted by molar-refractivity contribution is 0.135. The van der Waals surface area contributed by atoms with Crippen LogP contribution in [0.15, 0.2) is 47.4 Å². The van der Waals surface area contributed by atoms with Gasteiger partial charge in [-0.05, 0) is 73.4 Å². The number of amides is 1. The summed E-state index contributed by atoms with van der Waals surface area (Å²) in [5, 5.41) is 5.85. The van der Waals surface area contributed by atoms with Crippen molar-refractivity contribution in [2.75, 3.05) is 24.4 Å². The van der Waals surface area contributed by atoms with Crippen LogP contribution in [0, 0.1) is 23.5 Å². The summed E-state index contributed by atoms with van der Waals surface area (Å²) in [6.07, 6.45) is 3.11. The Kier molecular flexibility index (Phi) is 7.35. The molecule has 178 valence electrons. The molecule has 2 aromatic heterocycles. The first kappa shape index (κ1) is 24.0. The summed E-state index contributed by atoms with van der Waals surface area (Å²) in [5.74, 6) is 0.997. The van der Waals surface area contributed by atoms with Gasteiger partial charge in [-0.2, -0.15) is 0 Å². The predicted molar refractivity (Wildman–Crippen MR) is 138 cm³/mol. The van der Waals surface area contributed by atoms with E-state index >= 15 is 0 Å². The lowest BCUT2D eigenvalue weighted by Gasteiger charge is -2.21. The van der Waals surface area contributed by atoms with Crippen molar-refractivity contribution in [1.82, 2.24) is 14.5 Å². The Bertz CT molecular complexity index is 1240. The second-order valence-electron chi connectivity index (χ2n) is 8.19. The number of nitrogens with one attached hydrogen (secondary N) is 2. The number of pyridine rings is 1. The van der Waals surface area contributed by atoms with Gasteiger partial charge in [-0.1, -0.05) is 18.2 Å². The summed E-state index contributed by atoms with van der Waals surface area (Å²) in [6, 6.07) is 10.7. The highest BCUT2D eigenvalue weighted by Gasteiger charge is 2.35. The minimum Gasteiger partial charge on any atom is -0.481 e. The minimum absolute atomic E-state index is 0.0883. The van der Waals surface area contributed by atoms with E-state index in [0.29, 0.717) is 26.6 Å². The Morgan fingerprint density at radius 1 is 1.24 bits per heavy atom. The van der Waals surface area contributed by atoms with E-state index in [9.17, 15) is 9.59 Å². The van der Waals surface area contributed by atoms with Crippen LogP contribution in [0.1, 0.15) is 30.1 Å². The van der Waals surface area contributed by atoms with Gasteiger partial charge in [0.15, 0.2) is 5.82 Å². The minimum atomic E-state index is -0.553. The maximum Gasteiger partial charge on any atom is 0.411 e. The molecule has 1 aliphatic rings. The highest BCUT2D eigenvalue weighted by Crippen LogP contribution is 2.39. The predicted octanol–water partition coefficient (Wildman–Crippen LogP) is 4.81. The normalized spacial score (nSPS) is 13.8. The zero-order valence-corrected chi connectivity index (χ0v) is 21.3. The molecule has 0 bridgehead atoms. The van der Waals surface area contributed by atoms with E-state index in [1.54, 1.807) is 30.0 Å². The number of aryl methyl sites for hydroxylation is 2. The van der Waals surface area contributed by atoms with E-state index in [-0.39, 0.29) is 29.9 Å². The summed E-state index contributed by atoms with van der Waals surface area (Å²) in [6.45, 7) is 3.81. The highest BCUT2D eigenvalue weighted by atomic mass is 127. The molecular weight excluding hydrogens is 549 g/mol. The van der Waals surface area contributed by atoms with Crippen molar-refractivity contribution in [2.24, 2.45) is 5.92 Å². The SMILES string of the molecule is COc1nc(C)c(Nc2nc(I)cn([C@H](COC(=O)Nc3ccccc3)C3CC3)c2=O)cc1C. The van der Waals surface area contributed by atoms with Gasteiger partial charge in [-0.25, -0.2) is 14.8 Å². The first-order valence-electron chi connectivity index (χ1n) is 10.9. The average Bonchev–Trinajstić information content (AvgIpc) is 3.65. The molecule has 9 nitrogen and oxygen atoms in total. The lowest BCUT2D eigenvalue weighted by atomic mass is 10.2. The second kappa shape index (κ2) is 10.4. The monoisotopic (exact) mass is 575 g/mol. The smallest absolute Gasteiger partial charge is 0.411 e. The second-order valence-corrected chi connectivity index (χ2v) is 9.30. The van der Waals surface area contributed by atoms with Crippen LogP contribution < -0.4 is 20.9 Å². The molecule has 10 heteroatoms. The van der Waals surface area contributed by atoms with Crippen molar-refractivity contribution in [2.45, 2.75) is 32.7 Å². The number of ether oxygens (including phenoxy) is 2. The maximum atomic E-state index is 13.4. The summed E-state index contributed by atoms with van der Waals surface area (Å²) in [4.78, 5) is 34.5. The Morgan fingerprint density at radius 2 is 1.97 bits per heavy atom. The fraction of sp³-hybridized carbons (Fsp3) is 0.333. The summed E-state index contributed by atoms with van der Waals surface area (Å²) in [5.41, 5.74) is 2.58. The van der Waals surface area contributed by atoms with E-state index in [2.05, 4.69) is 43.2 Å². The fourth-order valence-corrected chi connectivity index (χ4v) is 4.25. The van der Waals surface area contributed by atoms with Crippen molar-refractivity contribution >= 4 is 45.9 Å².